The van der Waals surface area contributed by atoms with Crippen LogP contribution in [0.3, 0.4) is 0 Å². The van der Waals surface area contributed by atoms with Crippen LogP contribution in [0.1, 0.15) is 55.0 Å². The molecule has 1 aromatic heterocycles. The van der Waals surface area contributed by atoms with E-state index >= 15 is 0 Å². The SMILES string of the molecule is CCNCC(C(=O)N1CCN(c2ncnc3c2C(C)C[C@H]3O)CC1)c1ccc(Cl)cc1. The van der Waals surface area contributed by atoms with Crippen LogP contribution in [0, 0.1) is 0 Å². The fourth-order valence-electron chi connectivity index (χ4n) is 4.64. The molecule has 1 amide bonds. The number of carbonyl (C=O) groups is 1. The number of aromatic nitrogens is 2. The summed E-state index contributed by atoms with van der Waals surface area (Å²) in [6, 6.07) is 7.56. The van der Waals surface area contributed by atoms with Gasteiger partial charge in [-0.2, -0.15) is 0 Å². The quantitative estimate of drug-likeness (QED) is 0.714. The third-order valence-electron chi connectivity index (χ3n) is 6.34. The molecule has 2 aromatic rings. The van der Waals surface area contributed by atoms with Crippen LogP contribution in [0.2, 0.25) is 5.02 Å². The van der Waals surface area contributed by atoms with Gasteiger partial charge in [-0.1, -0.05) is 37.6 Å². The van der Waals surface area contributed by atoms with Gasteiger partial charge in [0.15, 0.2) is 0 Å². The highest BCUT2D eigenvalue weighted by Gasteiger charge is 2.34. The number of piperazine rings is 1. The van der Waals surface area contributed by atoms with E-state index in [2.05, 4.69) is 27.1 Å². The number of anilines is 1. The third kappa shape index (κ3) is 4.54. The molecule has 166 valence electrons. The maximum absolute atomic E-state index is 13.4. The number of nitrogens with zero attached hydrogens (tertiary/aromatic N) is 4. The Morgan fingerprint density at radius 1 is 1.23 bits per heavy atom. The summed E-state index contributed by atoms with van der Waals surface area (Å²) in [7, 11) is 0. The Bertz CT molecular complexity index is 915. The van der Waals surface area contributed by atoms with E-state index in [-0.39, 0.29) is 17.7 Å². The number of rotatable bonds is 6. The van der Waals surface area contributed by atoms with Gasteiger partial charge < -0.3 is 20.2 Å². The van der Waals surface area contributed by atoms with Gasteiger partial charge in [0.1, 0.15) is 12.1 Å². The Labute approximate surface area is 188 Å². The first kappa shape index (κ1) is 22.0. The van der Waals surface area contributed by atoms with Crippen molar-refractivity contribution in [2.45, 2.75) is 38.2 Å². The van der Waals surface area contributed by atoms with Crippen molar-refractivity contribution in [1.29, 1.82) is 0 Å². The lowest BCUT2D eigenvalue weighted by Crippen LogP contribution is -2.51. The topological polar surface area (TPSA) is 81.6 Å². The van der Waals surface area contributed by atoms with Crippen molar-refractivity contribution in [3.8, 4) is 0 Å². The molecule has 1 fully saturated rings. The predicted octanol–water partition coefficient (Wildman–Crippen LogP) is 2.71. The standard InChI is InChI=1S/C23H30ClN5O2/c1-3-25-13-18(16-4-6-17(24)7-5-16)23(31)29-10-8-28(9-11-29)22-20-15(2)12-19(30)21(20)26-14-27-22/h4-7,14-15,18-19,25,30H,3,8-13H2,1-2H3/t15?,18?,19-/m1/s1. The minimum Gasteiger partial charge on any atom is -0.387 e. The molecule has 0 saturated carbocycles. The fourth-order valence-corrected chi connectivity index (χ4v) is 4.77. The largest absolute Gasteiger partial charge is 0.387 e. The molecule has 2 unspecified atom stereocenters. The summed E-state index contributed by atoms with van der Waals surface area (Å²) in [4.78, 5) is 26.4. The molecule has 1 aliphatic carbocycles. The van der Waals surface area contributed by atoms with E-state index in [1.165, 1.54) is 0 Å². The number of carbonyl (C=O) groups excluding carboxylic acids is 1. The molecular weight excluding hydrogens is 414 g/mol. The van der Waals surface area contributed by atoms with Crippen LogP contribution in [0.25, 0.3) is 0 Å². The van der Waals surface area contributed by atoms with E-state index in [0.29, 0.717) is 44.2 Å². The van der Waals surface area contributed by atoms with E-state index < -0.39 is 6.10 Å². The summed E-state index contributed by atoms with van der Waals surface area (Å²) < 4.78 is 0. The molecule has 4 rings (SSSR count). The zero-order valence-corrected chi connectivity index (χ0v) is 18.8. The van der Waals surface area contributed by atoms with Gasteiger partial charge in [-0.05, 0) is 36.6 Å². The molecule has 1 aliphatic heterocycles. The van der Waals surface area contributed by atoms with Crippen molar-refractivity contribution in [2.75, 3.05) is 44.2 Å². The van der Waals surface area contributed by atoms with Crippen molar-refractivity contribution in [3.05, 3.63) is 52.4 Å². The van der Waals surface area contributed by atoms with Gasteiger partial charge in [0, 0.05) is 43.3 Å². The number of halogens is 1. The van der Waals surface area contributed by atoms with Gasteiger partial charge in [-0.3, -0.25) is 4.79 Å². The molecule has 7 nitrogen and oxygen atoms in total. The van der Waals surface area contributed by atoms with Crippen molar-refractivity contribution in [3.63, 3.8) is 0 Å². The number of hydrogen-bond acceptors (Lipinski definition) is 6. The minimum atomic E-state index is -0.513. The maximum Gasteiger partial charge on any atom is 0.231 e. The summed E-state index contributed by atoms with van der Waals surface area (Å²) in [5.74, 6) is 1.04. The first-order chi connectivity index (χ1) is 15.0. The molecule has 31 heavy (non-hydrogen) atoms. The van der Waals surface area contributed by atoms with Crippen LogP contribution < -0.4 is 10.2 Å². The van der Waals surface area contributed by atoms with Crippen LogP contribution >= 0.6 is 11.6 Å². The fraction of sp³-hybridized carbons (Fsp3) is 0.522. The summed E-state index contributed by atoms with van der Waals surface area (Å²) >= 11 is 6.04. The molecule has 0 bridgehead atoms. The number of amides is 1. The van der Waals surface area contributed by atoms with Gasteiger partial charge in [-0.15, -0.1) is 0 Å². The van der Waals surface area contributed by atoms with Crippen molar-refractivity contribution < 1.29 is 9.90 Å². The maximum atomic E-state index is 13.4. The zero-order chi connectivity index (χ0) is 22.0. The molecule has 2 N–H and O–H groups in total. The molecule has 1 saturated heterocycles. The summed E-state index contributed by atoms with van der Waals surface area (Å²) in [6.07, 6.45) is 1.72. The second kappa shape index (κ2) is 9.51. The second-order valence-corrected chi connectivity index (χ2v) is 8.81. The Kier molecular flexibility index (Phi) is 6.74. The van der Waals surface area contributed by atoms with E-state index in [4.69, 9.17) is 11.6 Å². The van der Waals surface area contributed by atoms with Crippen LogP contribution in [-0.4, -0.2) is 65.2 Å². The van der Waals surface area contributed by atoms with Gasteiger partial charge in [-0.25, -0.2) is 9.97 Å². The zero-order valence-electron chi connectivity index (χ0n) is 18.1. The number of aliphatic hydroxyl groups excluding tert-OH is 1. The highest BCUT2D eigenvalue weighted by molar-refractivity contribution is 6.30. The van der Waals surface area contributed by atoms with Crippen molar-refractivity contribution in [2.24, 2.45) is 0 Å². The third-order valence-corrected chi connectivity index (χ3v) is 6.59. The summed E-state index contributed by atoms with van der Waals surface area (Å²) in [6.45, 7) is 8.29. The molecule has 0 spiro atoms. The van der Waals surface area contributed by atoms with Gasteiger partial charge in [0.2, 0.25) is 5.91 Å². The Morgan fingerprint density at radius 2 is 1.94 bits per heavy atom. The van der Waals surface area contributed by atoms with E-state index in [1.54, 1.807) is 6.33 Å². The van der Waals surface area contributed by atoms with Crippen LogP contribution in [0.15, 0.2) is 30.6 Å². The van der Waals surface area contributed by atoms with Crippen LogP contribution in [0.5, 0.6) is 0 Å². The van der Waals surface area contributed by atoms with Crippen molar-refractivity contribution in [1.82, 2.24) is 20.2 Å². The van der Waals surface area contributed by atoms with E-state index in [0.717, 1.165) is 29.2 Å². The van der Waals surface area contributed by atoms with Gasteiger partial charge in [0.05, 0.1) is 17.7 Å². The number of likely N-dealkylation sites (N-methyl/N-ethyl adjacent to an activating group) is 1. The molecule has 3 atom stereocenters. The van der Waals surface area contributed by atoms with Gasteiger partial charge >= 0.3 is 0 Å². The normalized spacial score (nSPS) is 21.8. The van der Waals surface area contributed by atoms with Crippen LogP contribution in [-0.2, 0) is 4.79 Å². The Balaban J connectivity index is 1.47. The Hall–Kier alpha value is -2.22. The summed E-state index contributed by atoms with van der Waals surface area (Å²) in [5, 5.41) is 14.3. The second-order valence-electron chi connectivity index (χ2n) is 8.37. The monoisotopic (exact) mass is 443 g/mol. The van der Waals surface area contributed by atoms with E-state index in [1.807, 2.05) is 36.1 Å². The highest BCUT2D eigenvalue weighted by Crippen LogP contribution is 2.42. The van der Waals surface area contributed by atoms with Gasteiger partial charge in [0.25, 0.3) is 0 Å². The van der Waals surface area contributed by atoms with E-state index in [9.17, 15) is 9.90 Å². The van der Waals surface area contributed by atoms with Crippen molar-refractivity contribution >= 4 is 23.3 Å². The smallest absolute Gasteiger partial charge is 0.231 e. The predicted molar refractivity (Wildman–Crippen MR) is 122 cm³/mol. The molecule has 2 aliphatic rings. The van der Waals surface area contributed by atoms with Crippen LogP contribution in [0.4, 0.5) is 5.82 Å². The highest BCUT2D eigenvalue weighted by atomic mass is 35.5. The average molecular weight is 444 g/mol. The number of aliphatic hydroxyl groups is 1. The average Bonchev–Trinajstić information content (AvgIpc) is 3.09. The minimum absolute atomic E-state index is 0.139. The number of hydrogen-bond donors (Lipinski definition) is 2. The lowest BCUT2D eigenvalue weighted by Gasteiger charge is -2.38. The molecule has 2 heterocycles. The molecule has 0 radical (unpaired) electrons. The first-order valence-electron chi connectivity index (χ1n) is 11.0. The number of benzene rings is 1. The molecular formula is C23H30ClN5O2. The first-order valence-corrected chi connectivity index (χ1v) is 11.4. The lowest BCUT2D eigenvalue weighted by atomic mass is 9.97. The number of nitrogens with one attached hydrogen (secondary N) is 1. The molecule has 8 heteroatoms. The Morgan fingerprint density at radius 3 is 2.61 bits per heavy atom. The molecule has 1 aromatic carbocycles. The number of fused-ring (bicyclic) bond motifs is 1. The lowest BCUT2D eigenvalue weighted by molar-refractivity contribution is -0.133. The summed E-state index contributed by atoms with van der Waals surface area (Å²) in [5.41, 5.74) is 2.79.